The fourth-order valence-electron chi connectivity index (χ4n) is 3.86. The average molecular weight is 316 g/mol. The van der Waals surface area contributed by atoms with E-state index in [1.165, 1.54) is 0 Å². The van der Waals surface area contributed by atoms with Crippen LogP contribution in [0.2, 0.25) is 0 Å². The predicted molar refractivity (Wildman–Crippen MR) is 87.0 cm³/mol. The topological polar surface area (TPSA) is 65.5 Å². The highest BCUT2D eigenvalue weighted by atomic mass is 16.2. The largest absolute Gasteiger partial charge is 0.358 e. The Morgan fingerprint density at radius 3 is 2.70 bits per heavy atom. The van der Waals surface area contributed by atoms with E-state index in [-0.39, 0.29) is 17.4 Å². The molecule has 1 aromatic rings. The highest BCUT2D eigenvalue weighted by molar-refractivity contribution is 5.93. The summed E-state index contributed by atoms with van der Waals surface area (Å²) in [5, 5.41) is 2.71. The Morgan fingerprint density at radius 1 is 1.26 bits per heavy atom. The van der Waals surface area contributed by atoms with Crippen LogP contribution >= 0.6 is 0 Å². The maximum Gasteiger partial charge on any atom is 0.255 e. The van der Waals surface area contributed by atoms with E-state index in [0.29, 0.717) is 12.1 Å². The van der Waals surface area contributed by atoms with Crippen LogP contribution in [-0.2, 0) is 4.79 Å². The number of aromatic nitrogens is 1. The van der Waals surface area contributed by atoms with E-state index in [1.54, 1.807) is 25.5 Å². The number of rotatable bonds is 3. The maximum atomic E-state index is 12.5. The summed E-state index contributed by atoms with van der Waals surface area (Å²) in [7, 11) is 1.68. The minimum atomic E-state index is 0.0591. The summed E-state index contributed by atoms with van der Waals surface area (Å²) in [5.41, 5.74) is 0.746. The van der Waals surface area contributed by atoms with Crippen LogP contribution in [0.25, 0.3) is 0 Å². The maximum absolute atomic E-state index is 12.5. The van der Waals surface area contributed by atoms with Gasteiger partial charge in [0.05, 0.1) is 12.1 Å². The molecule has 0 unspecified atom stereocenters. The highest BCUT2D eigenvalue weighted by Gasteiger charge is 2.44. The van der Waals surface area contributed by atoms with Crippen molar-refractivity contribution in [2.24, 2.45) is 0 Å². The van der Waals surface area contributed by atoms with Gasteiger partial charge < -0.3 is 10.2 Å². The van der Waals surface area contributed by atoms with Crippen LogP contribution in [0.15, 0.2) is 24.5 Å². The Hall–Kier alpha value is -1.95. The van der Waals surface area contributed by atoms with Crippen LogP contribution in [0.1, 0.15) is 36.0 Å². The van der Waals surface area contributed by atoms with Gasteiger partial charge in [0, 0.05) is 38.1 Å². The molecule has 2 amide bonds. The quantitative estimate of drug-likeness (QED) is 0.900. The van der Waals surface area contributed by atoms with Gasteiger partial charge in [0.1, 0.15) is 0 Å². The molecule has 1 aromatic heterocycles. The van der Waals surface area contributed by atoms with Gasteiger partial charge in [0.15, 0.2) is 0 Å². The first kappa shape index (κ1) is 15.9. The van der Waals surface area contributed by atoms with Crippen LogP contribution in [-0.4, -0.2) is 65.4 Å². The van der Waals surface area contributed by atoms with Gasteiger partial charge in [-0.1, -0.05) is 0 Å². The summed E-state index contributed by atoms with van der Waals surface area (Å²) in [4.78, 5) is 32.5. The molecule has 23 heavy (non-hydrogen) atoms. The van der Waals surface area contributed by atoms with Crippen molar-refractivity contribution in [1.82, 2.24) is 20.1 Å². The van der Waals surface area contributed by atoms with Crippen LogP contribution in [0.4, 0.5) is 0 Å². The van der Waals surface area contributed by atoms with Gasteiger partial charge >= 0.3 is 0 Å². The molecule has 124 valence electrons. The number of hydrogen-bond donors (Lipinski definition) is 1. The number of nitrogens with one attached hydrogen (secondary N) is 1. The standard InChI is InChI=1S/C17H24N4O2/c1-18-15(22)13-21-9-3-5-17(21)6-10-20(11-7-17)16(23)14-4-2-8-19-12-14/h2,4,8,12H,3,5-7,9-11,13H2,1H3,(H,18,22). The molecule has 0 aliphatic carbocycles. The number of carbonyl (C=O) groups excluding carboxylic acids is 2. The highest BCUT2D eigenvalue weighted by Crippen LogP contribution is 2.38. The molecule has 0 bridgehead atoms. The lowest BCUT2D eigenvalue weighted by molar-refractivity contribution is -0.123. The van der Waals surface area contributed by atoms with E-state index in [4.69, 9.17) is 0 Å². The zero-order valence-electron chi connectivity index (χ0n) is 13.6. The van der Waals surface area contributed by atoms with Gasteiger partial charge in [-0.15, -0.1) is 0 Å². The second-order valence-electron chi connectivity index (χ2n) is 6.46. The van der Waals surface area contributed by atoms with Crippen molar-refractivity contribution in [1.29, 1.82) is 0 Å². The number of likely N-dealkylation sites (tertiary alicyclic amines) is 2. The Labute approximate surface area is 136 Å². The Kier molecular flexibility index (Phi) is 4.61. The first-order valence-corrected chi connectivity index (χ1v) is 8.30. The smallest absolute Gasteiger partial charge is 0.255 e. The number of carbonyl (C=O) groups is 2. The van der Waals surface area contributed by atoms with E-state index in [2.05, 4.69) is 15.2 Å². The normalized spacial score (nSPS) is 20.7. The molecule has 1 spiro atoms. The Bertz CT molecular complexity index is 567. The van der Waals surface area contributed by atoms with Crippen molar-refractivity contribution >= 4 is 11.8 Å². The molecule has 3 rings (SSSR count). The second kappa shape index (κ2) is 6.66. The molecule has 0 saturated carbocycles. The fourth-order valence-corrected chi connectivity index (χ4v) is 3.86. The first-order valence-electron chi connectivity index (χ1n) is 8.30. The third kappa shape index (κ3) is 3.22. The minimum absolute atomic E-state index is 0.0591. The second-order valence-corrected chi connectivity index (χ2v) is 6.46. The summed E-state index contributed by atoms with van der Waals surface area (Å²) in [6.07, 6.45) is 7.44. The van der Waals surface area contributed by atoms with Crippen LogP contribution < -0.4 is 5.32 Å². The summed E-state index contributed by atoms with van der Waals surface area (Å²) in [6, 6.07) is 3.61. The van der Waals surface area contributed by atoms with Crippen molar-refractivity contribution in [3.05, 3.63) is 30.1 Å². The molecule has 0 aromatic carbocycles. The molecular formula is C17H24N4O2. The lowest BCUT2D eigenvalue weighted by Crippen LogP contribution is -2.55. The lowest BCUT2D eigenvalue weighted by Gasteiger charge is -2.44. The van der Waals surface area contributed by atoms with Crippen molar-refractivity contribution in [2.75, 3.05) is 33.2 Å². The molecule has 2 saturated heterocycles. The van der Waals surface area contributed by atoms with E-state index in [0.717, 1.165) is 45.3 Å². The molecule has 0 atom stereocenters. The number of pyridine rings is 1. The van der Waals surface area contributed by atoms with E-state index < -0.39 is 0 Å². The molecule has 2 aliphatic heterocycles. The van der Waals surface area contributed by atoms with E-state index >= 15 is 0 Å². The van der Waals surface area contributed by atoms with Gasteiger partial charge in [-0.05, 0) is 44.4 Å². The van der Waals surface area contributed by atoms with E-state index in [1.807, 2.05) is 11.0 Å². The van der Waals surface area contributed by atoms with Crippen LogP contribution in [0, 0.1) is 0 Å². The Balaban J connectivity index is 1.63. The lowest BCUT2D eigenvalue weighted by atomic mass is 9.84. The predicted octanol–water partition coefficient (Wildman–Crippen LogP) is 0.898. The van der Waals surface area contributed by atoms with Gasteiger partial charge in [-0.2, -0.15) is 0 Å². The SMILES string of the molecule is CNC(=O)CN1CCCC12CCN(C(=O)c1cccnc1)CC2. The monoisotopic (exact) mass is 316 g/mol. The van der Waals surface area contributed by atoms with Crippen molar-refractivity contribution < 1.29 is 9.59 Å². The number of nitrogens with zero attached hydrogens (tertiary/aromatic N) is 3. The molecular weight excluding hydrogens is 292 g/mol. The third-order valence-corrected chi connectivity index (χ3v) is 5.24. The molecule has 3 heterocycles. The first-order chi connectivity index (χ1) is 11.1. The molecule has 0 radical (unpaired) electrons. The van der Waals surface area contributed by atoms with Crippen LogP contribution in [0.5, 0.6) is 0 Å². The fraction of sp³-hybridized carbons (Fsp3) is 0.588. The average Bonchev–Trinajstić information content (AvgIpc) is 2.97. The number of amides is 2. The van der Waals surface area contributed by atoms with E-state index in [9.17, 15) is 9.59 Å². The molecule has 2 aliphatic rings. The molecule has 6 nitrogen and oxygen atoms in total. The van der Waals surface area contributed by atoms with Crippen molar-refractivity contribution in [2.45, 2.75) is 31.2 Å². The van der Waals surface area contributed by atoms with Crippen molar-refractivity contribution in [3.8, 4) is 0 Å². The number of likely N-dealkylation sites (N-methyl/N-ethyl adjacent to an activating group) is 1. The third-order valence-electron chi connectivity index (χ3n) is 5.24. The Morgan fingerprint density at radius 2 is 2.04 bits per heavy atom. The minimum Gasteiger partial charge on any atom is -0.358 e. The summed E-state index contributed by atoms with van der Waals surface area (Å²) < 4.78 is 0. The van der Waals surface area contributed by atoms with Gasteiger partial charge in [0.2, 0.25) is 5.91 Å². The van der Waals surface area contributed by atoms with Gasteiger partial charge in [0.25, 0.3) is 5.91 Å². The molecule has 2 fully saturated rings. The molecule has 6 heteroatoms. The van der Waals surface area contributed by atoms with Crippen LogP contribution in [0.3, 0.4) is 0 Å². The van der Waals surface area contributed by atoms with Gasteiger partial charge in [-0.25, -0.2) is 0 Å². The summed E-state index contributed by atoms with van der Waals surface area (Å²) in [5.74, 6) is 0.129. The summed E-state index contributed by atoms with van der Waals surface area (Å²) >= 11 is 0. The zero-order valence-corrected chi connectivity index (χ0v) is 13.6. The summed E-state index contributed by atoms with van der Waals surface area (Å²) in [6.45, 7) is 2.94. The number of hydrogen-bond acceptors (Lipinski definition) is 4. The van der Waals surface area contributed by atoms with Crippen molar-refractivity contribution in [3.63, 3.8) is 0 Å². The number of piperidine rings is 1. The molecule has 1 N–H and O–H groups in total. The van der Waals surface area contributed by atoms with Gasteiger partial charge in [-0.3, -0.25) is 19.5 Å². The zero-order chi connectivity index (χ0) is 16.3.